The quantitative estimate of drug-likeness (QED) is 0.738. The second kappa shape index (κ2) is 5.54. The summed E-state index contributed by atoms with van der Waals surface area (Å²) in [7, 11) is 0. The van der Waals surface area contributed by atoms with Crippen molar-refractivity contribution in [1.82, 2.24) is 0 Å². The van der Waals surface area contributed by atoms with Crippen LogP contribution in [0.15, 0.2) is 18.2 Å². The Morgan fingerprint density at radius 2 is 1.86 bits per heavy atom. The normalized spacial score (nSPS) is 10.2. The van der Waals surface area contributed by atoms with E-state index in [1.54, 1.807) is 0 Å². The lowest BCUT2D eigenvalue weighted by Gasteiger charge is -2.06. The van der Waals surface area contributed by atoms with Gasteiger partial charge in [0, 0.05) is 24.9 Å². The van der Waals surface area contributed by atoms with Gasteiger partial charge < -0.3 is 10.1 Å². The van der Waals surface area contributed by atoms with Crippen molar-refractivity contribution in [3.63, 3.8) is 0 Å². The Hall–Kier alpha value is -1.16. The fraction of sp³-hybridized carbons (Fsp3) is 0.400. The number of benzene rings is 1. The highest BCUT2D eigenvalue weighted by molar-refractivity contribution is 5.43. The maximum Gasteiger partial charge on any atom is 0.128 e. The zero-order chi connectivity index (χ0) is 10.4. The highest BCUT2D eigenvalue weighted by Crippen LogP contribution is 2.12. The third-order valence-electron chi connectivity index (χ3n) is 1.64. The Morgan fingerprint density at radius 1 is 1.21 bits per heavy atom. The van der Waals surface area contributed by atoms with E-state index in [1.165, 1.54) is 12.1 Å². The average Bonchev–Trinajstić information content (AvgIpc) is 2.11. The van der Waals surface area contributed by atoms with Gasteiger partial charge in [0.2, 0.25) is 0 Å². The van der Waals surface area contributed by atoms with Crippen molar-refractivity contribution in [2.24, 2.45) is 0 Å². The van der Waals surface area contributed by atoms with Gasteiger partial charge in [-0.2, -0.15) is 0 Å². The van der Waals surface area contributed by atoms with E-state index in [4.69, 9.17) is 4.74 Å². The minimum Gasteiger partial charge on any atom is -0.383 e. The van der Waals surface area contributed by atoms with E-state index in [-0.39, 0.29) is 0 Å². The molecule has 4 heteroatoms. The summed E-state index contributed by atoms with van der Waals surface area (Å²) in [5.74, 6) is -1.16. The Balaban J connectivity index is 2.42. The standard InChI is InChI=1S/C10H13F2NO/c1-2-14-4-3-13-10-6-8(11)5-9(12)7-10/h5-7,13H,2-4H2,1H3. The van der Waals surface area contributed by atoms with Gasteiger partial charge in [-0.3, -0.25) is 0 Å². The molecule has 0 fully saturated rings. The van der Waals surface area contributed by atoms with Gasteiger partial charge in [-0.25, -0.2) is 8.78 Å². The summed E-state index contributed by atoms with van der Waals surface area (Å²) in [6.45, 7) is 3.59. The molecule has 0 aromatic heterocycles. The van der Waals surface area contributed by atoms with E-state index in [9.17, 15) is 8.78 Å². The monoisotopic (exact) mass is 201 g/mol. The summed E-state index contributed by atoms with van der Waals surface area (Å²) in [6.07, 6.45) is 0. The number of rotatable bonds is 5. The van der Waals surface area contributed by atoms with Gasteiger partial charge in [-0.05, 0) is 19.1 Å². The molecule has 78 valence electrons. The van der Waals surface area contributed by atoms with Crippen LogP contribution < -0.4 is 5.32 Å². The van der Waals surface area contributed by atoms with E-state index >= 15 is 0 Å². The first-order chi connectivity index (χ1) is 6.72. The lowest BCUT2D eigenvalue weighted by Crippen LogP contribution is -2.09. The van der Waals surface area contributed by atoms with Crippen molar-refractivity contribution >= 4 is 5.69 Å². The van der Waals surface area contributed by atoms with Crippen molar-refractivity contribution in [1.29, 1.82) is 0 Å². The molecule has 0 unspecified atom stereocenters. The van der Waals surface area contributed by atoms with Crippen LogP contribution in [0, 0.1) is 11.6 Å². The summed E-state index contributed by atoms with van der Waals surface area (Å²) in [5, 5.41) is 2.86. The van der Waals surface area contributed by atoms with Crippen LogP contribution in [0.5, 0.6) is 0 Å². The Labute approximate surface area is 81.9 Å². The van der Waals surface area contributed by atoms with Gasteiger partial charge >= 0.3 is 0 Å². The topological polar surface area (TPSA) is 21.3 Å². The molecule has 0 saturated carbocycles. The second-order valence-corrected chi connectivity index (χ2v) is 2.78. The predicted octanol–water partition coefficient (Wildman–Crippen LogP) is 2.41. The number of hydrogen-bond acceptors (Lipinski definition) is 2. The van der Waals surface area contributed by atoms with E-state index in [0.717, 1.165) is 6.07 Å². The Kier molecular flexibility index (Phi) is 4.32. The van der Waals surface area contributed by atoms with Gasteiger partial charge in [0.25, 0.3) is 0 Å². The molecular formula is C10H13F2NO. The number of nitrogens with one attached hydrogen (secondary N) is 1. The molecule has 14 heavy (non-hydrogen) atoms. The molecule has 0 radical (unpaired) electrons. The summed E-state index contributed by atoms with van der Waals surface area (Å²) in [4.78, 5) is 0. The van der Waals surface area contributed by atoms with Crippen molar-refractivity contribution in [2.45, 2.75) is 6.92 Å². The maximum atomic E-state index is 12.7. The first-order valence-corrected chi connectivity index (χ1v) is 4.50. The number of anilines is 1. The van der Waals surface area contributed by atoms with Crippen LogP contribution >= 0.6 is 0 Å². The first-order valence-electron chi connectivity index (χ1n) is 4.50. The lowest BCUT2D eigenvalue weighted by molar-refractivity contribution is 0.158. The van der Waals surface area contributed by atoms with E-state index in [0.29, 0.717) is 25.4 Å². The molecule has 1 N–H and O–H groups in total. The van der Waals surface area contributed by atoms with Crippen molar-refractivity contribution in [3.8, 4) is 0 Å². The van der Waals surface area contributed by atoms with Gasteiger partial charge in [0.1, 0.15) is 11.6 Å². The van der Waals surface area contributed by atoms with Crippen LogP contribution in [0.2, 0.25) is 0 Å². The molecule has 1 aromatic carbocycles. The lowest BCUT2D eigenvalue weighted by atomic mass is 10.3. The van der Waals surface area contributed by atoms with E-state index in [1.807, 2.05) is 6.92 Å². The fourth-order valence-corrected chi connectivity index (χ4v) is 1.07. The van der Waals surface area contributed by atoms with Gasteiger partial charge in [0.15, 0.2) is 0 Å². The minimum absolute atomic E-state index is 0.433. The van der Waals surface area contributed by atoms with E-state index in [2.05, 4.69) is 5.32 Å². The van der Waals surface area contributed by atoms with Crippen LogP contribution in [-0.4, -0.2) is 19.8 Å². The average molecular weight is 201 g/mol. The predicted molar refractivity (Wildman–Crippen MR) is 51.3 cm³/mol. The highest BCUT2D eigenvalue weighted by Gasteiger charge is 1.99. The fourth-order valence-electron chi connectivity index (χ4n) is 1.07. The summed E-state index contributed by atoms with van der Waals surface area (Å²) in [6, 6.07) is 3.33. The number of halogens is 2. The van der Waals surface area contributed by atoms with Gasteiger partial charge in [0.05, 0.1) is 6.61 Å². The second-order valence-electron chi connectivity index (χ2n) is 2.78. The molecule has 0 aliphatic heterocycles. The van der Waals surface area contributed by atoms with Crippen molar-refractivity contribution in [2.75, 3.05) is 25.1 Å². The molecule has 0 spiro atoms. The Bertz CT molecular complexity index is 271. The van der Waals surface area contributed by atoms with Crippen LogP contribution in [0.25, 0.3) is 0 Å². The molecular weight excluding hydrogens is 188 g/mol. The number of hydrogen-bond donors (Lipinski definition) is 1. The largest absolute Gasteiger partial charge is 0.383 e. The van der Waals surface area contributed by atoms with Crippen LogP contribution in [0.4, 0.5) is 14.5 Å². The number of ether oxygens (including phenoxy) is 1. The molecule has 0 aliphatic carbocycles. The maximum absolute atomic E-state index is 12.7. The zero-order valence-corrected chi connectivity index (χ0v) is 8.02. The Morgan fingerprint density at radius 3 is 2.43 bits per heavy atom. The first kappa shape index (κ1) is 10.9. The molecule has 0 amide bonds. The molecule has 0 saturated heterocycles. The summed E-state index contributed by atoms with van der Waals surface area (Å²) in [5.41, 5.74) is 0.433. The van der Waals surface area contributed by atoms with Gasteiger partial charge in [-0.1, -0.05) is 0 Å². The van der Waals surface area contributed by atoms with Crippen LogP contribution in [0.3, 0.4) is 0 Å². The summed E-state index contributed by atoms with van der Waals surface area (Å²) < 4.78 is 30.4. The highest BCUT2D eigenvalue weighted by atomic mass is 19.1. The molecule has 1 aromatic rings. The van der Waals surface area contributed by atoms with Crippen LogP contribution in [0.1, 0.15) is 6.92 Å². The van der Waals surface area contributed by atoms with Gasteiger partial charge in [-0.15, -0.1) is 0 Å². The molecule has 0 atom stereocenters. The van der Waals surface area contributed by atoms with E-state index < -0.39 is 11.6 Å². The SMILES string of the molecule is CCOCCNc1cc(F)cc(F)c1. The van der Waals surface area contributed by atoms with Crippen molar-refractivity contribution < 1.29 is 13.5 Å². The van der Waals surface area contributed by atoms with Crippen LogP contribution in [-0.2, 0) is 4.74 Å². The molecule has 1 rings (SSSR count). The molecule has 0 aliphatic rings. The molecule has 2 nitrogen and oxygen atoms in total. The summed E-state index contributed by atoms with van der Waals surface area (Å²) >= 11 is 0. The smallest absolute Gasteiger partial charge is 0.128 e. The molecule has 0 heterocycles. The minimum atomic E-state index is -0.580. The third kappa shape index (κ3) is 3.70. The van der Waals surface area contributed by atoms with Crippen molar-refractivity contribution in [3.05, 3.63) is 29.8 Å². The molecule has 0 bridgehead atoms. The zero-order valence-electron chi connectivity index (χ0n) is 8.02. The third-order valence-corrected chi connectivity index (χ3v) is 1.64.